The monoisotopic (exact) mass is 210 g/mol. The Labute approximate surface area is 77.0 Å². The van der Waals surface area contributed by atoms with Gasteiger partial charge in [0.05, 0.1) is 0 Å². The first-order valence-electron chi connectivity index (χ1n) is 3.65. The average Bonchev–Trinajstić information content (AvgIpc) is 2.00. The van der Waals surface area contributed by atoms with E-state index < -0.39 is 16.3 Å². The van der Waals surface area contributed by atoms with E-state index in [9.17, 15) is 8.42 Å². The van der Waals surface area contributed by atoms with Gasteiger partial charge in [-0.15, -0.1) is 0 Å². The van der Waals surface area contributed by atoms with Crippen molar-refractivity contribution >= 4 is 16.0 Å². The molecule has 13 heavy (non-hydrogen) atoms. The van der Waals surface area contributed by atoms with Crippen molar-refractivity contribution in [2.24, 2.45) is 16.0 Å². The van der Waals surface area contributed by atoms with Crippen LogP contribution < -0.4 is 15.6 Å². The molecule has 0 radical (unpaired) electrons. The summed E-state index contributed by atoms with van der Waals surface area (Å²) >= 11 is 0. The lowest BCUT2D eigenvalue weighted by Crippen LogP contribution is -2.41. The van der Waals surface area contributed by atoms with Crippen molar-refractivity contribution in [2.75, 3.05) is 0 Å². The molecular formula is C5H14N4O3S. The van der Waals surface area contributed by atoms with Crippen LogP contribution in [-0.4, -0.2) is 25.5 Å². The molecule has 0 aromatic carbocycles. The largest absolute Gasteiger partial charge is 0.409 e. The van der Waals surface area contributed by atoms with Crippen molar-refractivity contribution in [1.29, 1.82) is 0 Å². The number of nitrogens with two attached hydrogens (primary N) is 2. The molecule has 1 atom stereocenters. The predicted molar refractivity (Wildman–Crippen MR) is 48.3 cm³/mol. The SMILES string of the molecule is CCC(CC(N)=NO)NS(N)(=O)=O. The molecule has 0 spiro atoms. The summed E-state index contributed by atoms with van der Waals surface area (Å²) in [6.45, 7) is 1.76. The van der Waals surface area contributed by atoms with Gasteiger partial charge < -0.3 is 10.9 Å². The molecule has 0 bridgehead atoms. The van der Waals surface area contributed by atoms with Gasteiger partial charge in [0.1, 0.15) is 5.84 Å². The summed E-state index contributed by atoms with van der Waals surface area (Å²) in [6.07, 6.45) is 0.635. The molecule has 6 N–H and O–H groups in total. The van der Waals surface area contributed by atoms with Crippen LogP contribution in [0.3, 0.4) is 0 Å². The molecule has 0 aromatic rings. The van der Waals surface area contributed by atoms with Crippen LogP contribution in [-0.2, 0) is 10.2 Å². The zero-order chi connectivity index (χ0) is 10.5. The van der Waals surface area contributed by atoms with E-state index in [1.807, 2.05) is 0 Å². The minimum Gasteiger partial charge on any atom is -0.409 e. The van der Waals surface area contributed by atoms with Gasteiger partial charge in [-0.25, -0.2) is 5.14 Å². The van der Waals surface area contributed by atoms with E-state index >= 15 is 0 Å². The molecule has 78 valence electrons. The lowest BCUT2D eigenvalue weighted by atomic mass is 10.1. The fourth-order valence-corrected chi connectivity index (χ4v) is 1.51. The van der Waals surface area contributed by atoms with E-state index in [1.165, 1.54) is 0 Å². The second-order valence-electron chi connectivity index (χ2n) is 2.56. The van der Waals surface area contributed by atoms with Gasteiger partial charge in [-0.1, -0.05) is 12.1 Å². The third-order valence-electron chi connectivity index (χ3n) is 1.41. The van der Waals surface area contributed by atoms with Crippen LogP contribution in [0, 0.1) is 0 Å². The zero-order valence-corrected chi connectivity index (χ0v) is 8.08. The van der Waals surface area contributed by atoms with Crippen molar-refractivity contribution in [3.05, 3.63) is 0 Å². The molecule has 7 nitrogen and oxygen atoms in total. The molecule has 0 aromatic heterocycles. The maximum absolute atomic E-state index is 10.6. The fourth-order valence-electron chi connectivity index (χ4n) is 0.795. The molecule has 0 aliphatic rings. The second-order valence-corrected chi connectivity index (χ2v) is 3.89. The highest BCUT2D eigenvalue weighted by atomic mass is 32.2. The molecule has 0 heterocycles. The molecule has 1 unspecified atom stereocenters. The summed E-state index contributed by atoms with van der Waals surface area (Å²) in [4.78, 5) is 0. The Balaban J connectivity index is 4.21. The molecule has 0 rings (SSSR count). The molecule has 0 saturated carbocycles. The quantitative estimate of drug-likeness (QED) is 0.194. The van der Waals surface area contributed by atoms with Gasteiger partial charge >= 0.3 is 0 Å². The Morgan fingerprint density at radius 1 is 1.69 bits per heavy atom. The number of rotatable bonds is 5. The molecular weight excluding hydrogens is 196 g/mol. The fraction of sp³-hybridized carbons (Fsp3) is 0.800. The van der Waals surface area contributed by atoms with Crippen molar-refractivity contribution in [3.8, 4) is 0 Å². The Morgan fingerprint density at radius 2 is 2.23 bits per heavy atom. The van der Waals surface area contributed by atoms with Crippen molar-refractivity contribution in [3.63, 3.8) is 0 Å². The first-order valence-corrected chi connectivity index (χ1v) is 5.20. The highest BCUT2D eigenvalue weighted by molar-refractivity contribution is 7.87. The second kappa shape index (κ2) is 5.00. The number of amidine groups is 1. The molecule has 0 fully saturated rings. The Morgan fingerprint density at radius 3 is 2.54 bits per heavy atom. The standard InChI is InChI=1S/C5H14N4O3S/c1-2-4(3-5(6)8-10)9-13(7,11)12/h4,9-10H,2-3H2,1H3,(H2,6,8)(H2,7,11,12). The first-order chi connectivity index (χ1) is 5.89. The topological polar surface area (TPSA) is 131 Å². The number of hydrogen-bond donors (Lipinski definition) is 4. The van der Waals surface area contributed by atoms with Crippen LogP contribution >= 0.6 is 0 Å². The van der Waals surface area contributed by atoms with Crippen molar-refractivity contribution in [1.82, 2.24) is 4.72 Å². The van der Waals surface area contributed by atoms with Crippen LogP contribution in [0.1, 0.15) is 19.8 Å². The molecule has 0 saturated heterocycles. The Hall–Kier alpha value is -0.860. The summed E-state index contributed by atoms with van der Waals surface area (Å²) in [6, 6.07) is -0.439. The lowest BCUT2D eigenvalue weighted by Gasteiger charge is -2.13. The smallest absolute Gasteiger partial charge is 0.274 e. The van der Waals surface area contributed by atoms with Crippen LogP contribution in [0.2, 0.25) is 0 Å². The van der Waals surface area contributed by atoms with Gasteiger partial charge in [-0.2, -0.15) is 13.1 Å². The average molecular weight is 210 g/mol. The van der Waals surface area contributed by atoms with Crippen molar-refractivity contribution in [2.45, 2.75) is 25.8 Å². The highest BCUT2D eigenvalue weighted by Gasteiger charge is 2.13. The highest BCUT2D eigenvalue weighted by Crippen LogP contribution is 1.98. The van der Waals surface area contributed by atoms with Gasteiger partial charge in [0.2, 0.25) is 0 Å². The van der Waals surface area contributed by atoms with Crippen LogP contribution in [0.15, 0.2) is 5.16 Å². The minimum absolute atomic E-state index is 0.0389. The van der Waals surface area contributed by atoms with Crippen molar-refractivity contribution < 1.29 is 13.6 Å². The van der Waals surface area contributed by atoms with E-state index in [2.05, 4.69) is 9.88 Å². The summed E-state index contributed by atoms with van der Waals surface area (Å²) in [5.74, 6) is -0.0389. The van der Waals surface area contributed by atoms with E-state index in [4.69, 9.17) is 16.1 Å². The summed E-state index contributed by atoms with van der Waals surface area (Å²) in [7, 11) is -3.73. The Kier molecular flexibility index (Phi) is 4.67. The minimum atomic E-state index is -3.73. The summed E-state index contributed by atoms with van der Waals surface area (Å²) in [5.41, 5.74) is 5.19. The third-order valence-corrected chi connectivity index (χ3v) is 2.07. The van der Waals surface area contributed by atoms with Crippen LogP contribution in [0.4, 0.5) is 0 Å². The number of hydrogen-bond acceptors (Lipinski definition) is 4. The number of nitrogens with one attached hydrogen (secondary N) is 1. The van der Waals surface area contributed by atoms with Gasteiger partial charge in [0.25, 0.3) is 10.2 Å². The zero-order valence-electron chi connectivity index (χ0n) is 7.27. The summed E-state index contributed by atoms with van der Waals surface area (Å²) in [5, 5.41) is 15.7. The third kappa shape index (κ3) is 6.31. The van der Waals surface area contributed by atoms with E-state index in [1.54, 1.807) is 6.92 Å². The van der Waals surface area contributed by atoms with Gasteiger partial charge in [0.15, 0.2) is 0 Å². The van der Waals surface area contributed by atoms with Crippen LogP contribution in [0.25, 0.3) is 0 Å². The van der Waals surface area contributed by atoms with E-state index in [0.29, 0.717) is 6.42 Å². The molecule has 8 heteroatoms. The van der Waals surface area contributed by atoms with Gasteiger partial charge in [0, 0.05) is 12.5 Å². The number of oxime groups is 1. The first kappa shape index (κ1) is 12.1. The lowest BCUT2D eigenvalue weighted by molar-refractivity contribution is 0.316. The van der Waals surface area contributed by atoms with Gasteiger partial charge in [-0.3, -0.25) is 0 Å². The summed E-state index contributed by atoms with van der Waals surface area (Å²) < 4.78 is 23.3. The van der Waals surface area contributed by atoms with Crippen LogP contribution in [0.5, 0.6) is 0 Å². The predicted octanol–water partition coefficient (Wildman–Crippen LogP) is -1.31. The maximum atomic E-state index is 10.6. The van der Waals surface area contributed by atoms with E-state index in [-0.39, 0.29) is 12.3 Å². The Bertz CT molecular complexity index is 274. The molecule has 0 aliphatic carbocycles. The molecule has 0 amide bonds. The molecule has 0 aliphatic heterocycles. The van der Waals surface area contributed by atoms with Gasteiger partial charge in [-0.05, 0) is 6.42 Å². The van der Waals surface area contributed by atoms with E-state index in [0.717, 1.165) is 0 Å². The number of nitrogens with zero attached hydrogens (tertiary/aromatic N) is 1. The normalized spacial score (nSPS) is 15.7. The maximum Gasteiger partial charge on any atom is 0.274 e.